The summed E-state index contributed by atoms with van der Waals surface area (Å²) in [7, 11) is 0. The van der Waals surface area contributed by atoms with Gasteiger partial charge in [0.1, 0.15) is 10.8 Å². The maximum Gasteiger partial charge on any atom is 0.341 e. The minimum absolute atomic E-state index is 0.188. The molecule has 31 heavy (non-hydrogen) atoms. The number of rotatable bonds is 10. The summed E-state index contributed by atoms with van der Waals surface area (Å²) < 4.78 is 10.5. The molecule has 0 saturated carbocycles. The van der Waals surface area contributed by atoms with E-state index < -0.39 is 17.8 Å². The Labute approximate surface area is 190 Å². The van der Waals surface area contributed by atoms with Crippen molar-refractivity contribution >= 4 is 45.7 Å². The van der Waals surface area contributed by atoms with Gasteiger partial charge in [-0.2, -0.15) is 0 Å². The molecule has 0 spiro atoms. The van der Waals surface area contributed by atoms with Gasteiger partial charge < -0.3 is 14.8 Å². The summed E-state index contributed by atoms with van der Waals surface area (Å²) in [4.78, 5) is 37.5. The third-order valence-electron chi connectivity index (χ3n) is 4.27. The molecule has 0 fully saturated rings. The first-order chi connectivity index (χ1) is 14.8. The van der Waals surface area contributed by atoms with E-state index in [9.17, 15) is 14.4 Å². The standard InChI is InChI=1S/C21H26ClN3O5S/c1-5-16-13(4)19(21(28)29-6-2)20(31-16)24-17(26)10-23-25-18(27)11-30-15-8-7-14(22)9-12(15)3/h7-9,23H,5-6,10-11H2,1-4H3,(H,24,26)(H,25,27). The van der Waals surface area contributed by atoms with E-state index in [1.165, 1.54) is 11.3 Å². The predicted octanol–water partition coefficient (Wildman–Crippen LogP) is 3.40. The second-order valence-electron chi connectivity index (χ2n) is 6.58. The van der Waals surface area contributed by atoms with Gasteiger partial charge in [-0.15, -0.1) is 11.3 Å². The highest BCUT2D eigenvalue weighted by Gasteiger charge is 2.22. The largest absolute Gasteiger partial charge is 0.483 e. The number of nitrogens with one attached hydrogen (secondary N) is 3. The molecule has 0 aliphatic heterocycles. The van der Waals surface area contributed by atoms with Crippen LogP contribution in [-0.2, 0) is 20.7 Å². The molecule has 168 valence electrons. The molecule has 8 nitrogen and oxygen atoms in total. The summed E-state index contributed by atoms with van der Waals surface area (Å²) in [6.45, 7) is 7.18. The lowest BCUT2D eigenvalue weighted by atomic mass is 10.1. The number of aryl methyl sites for hydroxylation is 2. The average Bonchev–Trinajstić information content (AvgIpc) is 3.02. The van der Waals surface area contributed by atoms with Crippen molar-refractivity contribution in [3.05, 3.63) is 44.8 Å². The lowest BCUT2D eigenvalue weighted by molar-refractivity contribution is -0.124. The summed E-state index contributed by atoms with van der Waals surface area (Å²) in [6.07, 6.45) is 0.736. The number of hydrazine groups is 1. The number of hydrogen-bond acceptors (Lipinski definition) is 7. The molecule has 0 radical (unpaired) electrons. The first kappa shape index (κ1) is 24.6. The van der Waals surface area contributed by atoms with Crippen LogP contribution in [0.5, 0.6) is 5.75 Å². The molecule has 1 aromatic carbocycles. The summed E-state index contributed by atoms with van der Waals surface area (Å²) >= 11 is 7.23. The minimum Gasteiger partial charge on any atom is -0.483 e. The zero-order valence-electron chi connectivity index (χ0n) is 17.9. The first-order valence-electron chi connectivity index (χ1n) is 9.76. The van der Waals surface area contributed by atoms with E-state index >= 15 is 0 Å². The van der Waals surface area contributed by atoms with Gasteiger partial charge in [-0.25, -0.2) is 10.2 Å². The predicted molar refractivity (Wildman–Crippen MR) is 121 cm³/mol. The van der Waals surface area contributed by atoms with Gasteiger partial charge in [-0.1, -0.05) is 18.5 Å². The molecule has 0 unspecified atom stereocenters. The number of anilines is 1. The molecule has 2 amide bonds. The average molecular weight is 468 g/mol. The number of esters is 1. The van der Waals surface area contributed by atoms with Gasteiger partial charge in [0.15, 0.2) is 6.61 Å². The van der Waals surface area contributed by atoms with Crippen LogP contribution in [0.4, 0.5) is 5.00 Å². The Morgan fingerprint density at radius 1 is 1.13 bits per heavy atom. The third-order valence-corrected chi connectivity index (χ3v) is 5.86. The minimum atomic E-state index is -0.470. The highest BCUT2D eigenvalue weighted by Crippen LogP contribution is 2.34. The van der Waals surface area contributed by atoms with Crippen LogP contribution in [0.15, 0.2) is 18.2 Å². The molecule has 0 atom stereocenters. The van der Waals surface area contributed by atoms with E-state index in [1.807, 2.05) is 20.8 Å². The highest BCUT2D eigenvalue weighted by molar-refractivity contribution is 7.17. The number of amides is 2. The molecule has 0 saturated heterocycles. The van der Waals surface area contributed by atoms with Gasteiger partial charge in [0.05, 0.1) is 18.7 Å². The molecular weight excluding hydrogens is 442 g/mol. The molecule has 2 aromatic rings. The second kappa shape index (κ2) is 11.7. The van der Waals surface area contributed by atoms with Crippen molar-refractivity contribution in [1.82, 2.24) is 10.9 Å². The summed E-state index contributed by atoms with van der Waals surface area (Å²) in [6, 6.07) is 5.09. The molecule has 0 bridgehead atoms. The van der Waals surface area contributed by atoms with Gasteiger partial charge in [0.25, 0.3) is 5.91 Å². The first-order valence-corrected chi connectivity index (χ1v) is 11.0. The molecule has 1 heterocycles. The molecule has 1 aromatic heterocycles. The van der Waals surface area contributed by atoms with Gasteiger partial charge >= 0.3 is 5.97 Å². The zero-order chi connectivity index (χ0) is 23.0. The van der Waals surface area contributed by atoms with Crippen molar-refractivity contribution in [1.29, 1.82) is 0 Å². The summed E-state index contributed by atoms with van der Waals surface area (Å²) in [5, 5.41) is 3.73. The smallest absolute Gasteiger partial charge is 0.341 e. The topological polar surface area (TPSA) is 106 Å². The van der Waals surface area contributed by atoms with E-state index in [1.54, 1.807) is 25.1 Å². The molecule has 2 rings (SSSR count). The number of thiophene rings is 1. The number of carbonyl (C=O) groups excluding carboxylic acids is 3. The lowest BCUT2D eigenvalue weighted by Crippen LogP contribution is -2.44. The monoisotopic (exact) mass is 467 g/mol. The number of benzene rings is 1. The Morgan fingerprint density at radius 2 is 1.87 bits per heavy atom. The van der Waals surface area contributed by atoms with Gasteiger partial charge in [-0.05, 0) is 56.5 Å². The van der Waals surface area contributed by atoms with Gasteiger partial charge in [0, 0.05) is 9.90 Å². The van der Waals surface area contributed by atoms with Crippen LogP contribution in [0.25, 0.3) is 0 Å². The summed E-state index contributed by atoms with van der Waals surface area (Å²) in [5.74, 6) is -0.787. The number of hydrogen-bond donors (Lipinski definition) is 3. The van der Waals surface area contributed by atoms with Crippen LogP contribution in [0.2, 0.25) is 5.02 Å². The Kier molecular flexibility index (Phi) is 9.29. The fourth-order valence-corrected chi connectivity index (χ4v) is 4.16. The van der Waals surface area contributed by atoms with Gasteiger partial charge in [-0.3, -0.25) is 15.0 Å². The number of halogens is 1. The van der Waals surface area contributed by atoms with Crippen molar-refractivity contribution < 1.29 is 23.9 Å². The van der Waals surface area contributed by atoms with E-state index in [0.29, 0.717) is 21.3 Å². The molecule has 0 aliphatic carbocycles. The number of ether oxygens (including phenoxy) is 2. The lowest BCUT2D eigenvalue weighted by Gasteiger charge is -2.11. The van der Waals surface area contributed by atoms with E-state index in [-0.39, 0.29) is 19.8 Å². The van der Waals surface area contributed by atoms with Crippen molar-refractivity contribution in [2.75, 3.05) is 25.1 Å². The SMILES string of the molecule is CCOC(=O)c1c(NC(=O)CNNC(=O)COc2ccc(Cl)cc2C)sc(CC)c1C. The van der Waals surface area contributed by atoms with Gasteiger partial charge in [0.2, 0.25) is 5.91 Å². The van der Waals surface area contributed by atoms with Crippen molar-refractivity contribution in [2.24, 2.45) is 0 Å². The molecular formula is C21H26ClN3O5S. The van der Waals surface area contributed by atoms with Crippen molar-refractivity contribution in [2.45, 2.75) is 34.1 Å². The second-order valence-corrected chi connectivity index (χ2v) is 8.12. The maximum atomic E-state index is 12.3. The third kappa shape index (κ3) is 6.95. The van der Waals surface area contributed by atoms with Crippen LogP contribution in [0.3, 0.4) is 0 Å². The molecule has 10 heteroatoms. The van der Waals surface area contributed by atoms with E-state index in [2.05, 4.69) is 16.2 Å². The fraction of sp³-hybridized carbons (Fsp3) is 0.381. The normalized spacial score (nSPS) is 10.5. The Morgan fingerprint density at radius 3 is 2.52 bits per heavy atom. The van der Waals surface area contributed by atoms with Crippen LogP contribution >= 0.6 is 22.9 Å². The van der Waals surface area contributed by atoms with Crippen molar-refractivity contribution in [3.63, 3.8) is 0 Å². The maximum absolute atomic E-state index is 12.3. The number of carbonyl (C=O) groups is 3. The van der Waals surface area contributed by atoms with E-state index in [0.717, 1.165) is 22.4 Å². The summed E-state index contributed by atoms with van der Waals surface area (Å²) in [5.41, 5.74) is 6.93. The zero-order valence-corrected chi connectivity index (χ0v) is 19.5. The van der Waals surface area contributed by atoms with Crippen LogP contribution in [-0.4, -0.2) is 37.5 Å². The molecule has 0 aliphatic rings. The quantitative estimate of drug-likeness (QED) is 0.365. The van der Waals surface area contributed by atoms with Crippen LogP contribution in [0, 0.1) is 13.8 Å². The Hall–Kier alpha value is -2.62. The van der Waals surface area contributed by atoms with Crippen LogP contribution in [0.1, 0.15) is 40.2 Å². The molecule has 3 N–H and O–H groups in total. The van der Waals surface area contributed by atoms with Crippen LogP contribution < -0.4 is 20.9 Å². The Bertz CT molecular complexity index is 961. The van der Waals surface area contributed by atoms with E-state index in [4.69, 9.17) is 21.1 Å². The Balaban J connectivity index is 1.85. The fourth-order valence-electron chi connectivity index (χ4n) is 2.78. The highest BCUT2D eigenvalue weighted by atomic mass is 35.5. The van der Waals surface area contributed by atoms with Crippen molar-refractivity contribution in [3.8, 4) is 5.75 Å².